The predicted octanol–water partition coefficient (Wildman–Crippen LogP) is 4.54. The van der Waals surface area contributed by atoms with Crippen LogP contribution in [0.15, 0.2) is 47.7 Å². The van der Waals surface area contributed by atoms with Crippen LogP contribution < -0.4 is 18.9 Å². The molecule has 33 heavy (non-hydrogen) atoms. The lowest BCUT2D eigenvalue weighted by molar-refractivity contribution is 0.0553. The SMILES string of the molecule is C=C(C)[C@H]1CC2=C(Cc3ccc4c(c3C2)O[C@@H]2COc3cc(OC)c(OC)cc3[C@@H]2C4=O)O1. The maximum absolute atomic E-state index is 13.8. The summed E-state index contributed by atoms with van der Waals surface area (Å²) in [6.07, 6.45) is 1.98. The lowest BCUT2D eigenvalue weighted by Gasteiger charge is -2.38. The number of ketones is 1. The van der Waals surface area contributed by atoms with Gasteiger partial charge in [-0.3, -0.25) is 4.79 Å². The number of Topliss-reactive ketones (excluding diaryl/α,β-unsaturated/α-hetero) is 1. The van der Waals surface area contributed by atoms with Gasteiger partial charge in [0.2, 0.25) is 0 Å². The fraction of sp³-hybridized carbons (Fsp3) is 0.370. The summed E-state index contributed by atoms with van der Waals surface area (Å²) in [6.45, 7) is 6.37. The van der Waals surface area contributed by atoms with Crippen molar-refractivity contribution in [2.45, 2.75) is 44.3 Å². The Labute approximate surface area is 192 Å². The smallest absolute Gasteiger partial charge is 0.178 e. The number of carbonyl (C=O) groups is 1. The van der Waals surface area contributed by atoms with Gasteiger partial charge in [-0.1, -0.05) is 12.6 Å². The summed E-state index contributed by atoms with van der Waals surface area (Å²) < 4.78 is 29.5. The van der Waals surface area contributed by atoms with Gasteiger partial charge in [0.15, 0.2) is 17.3 Å². The fourth-order valence-corrected chi connectivity index (χ4v) is 5.43. The van der Waals surface area contributed by atoms with Crippen LogP contribution >= 0.6 is 0 Å². The van der Waals surface area contributed by atoms with E-state index in [1.165, 1.54) is 5.57 Å². The van der Waals surface area contributed by atoms with E-state index >= 15 is 0 Å². The Bertz CT molecular complexity index is 1240. The number of allylic oxidation sites excluding steroid dienone is 1. The first-order valence-corrected chi connectivity index (χ1v) is 11.3. The Hall–Kier alpha value is -3.41. The summed E-state index contributed by atoms with van der Waals surface area (Å²) in [4.78, 5) is 13.8. The normalized spacial score (nSPS) is 24.2. The molecule has 0 fully saturated rings. The molecule has 0 saturated heterocycles. The zero-order chi connectivity index (χ0) is 22.9. The van der Waals surface area contributed by atoms with Crippen LogP contribution in [0.5, 0.6) is 23.0 Å². The summed E-state index contributed by atoms with van der Waals surface area (Å²) in [7, 11) is 3.17. The second-order valence-electron chi connectivity index (χ2n) is 9.17. The minimum Gasteiger partial charge on any atom is -0.493 e. The molecular weight excluding hydrogens is 420 g/mol. The van der Waals surface area contributed by atoms with Crippen molar-refractivity contribution in [3.63, 3.8) is 0 Å². The van der Waals surface area contributed by atoms with Gasteiger partial charge in [-0.05, 0) is 35.8 Å². The van der Waals surface area contributed by atoms with E-state index in [1.54, 1.807) is 20.3 Å². The molecule has 0 bridgehead atoms. The third-order valence-corrected chi connectivity index (χ3v) is 7.20. The van der Waals surface area contributed by atoms with Gasteiger partial charge >= 0.3 is 0 Å². The molecule has 3 atom stereocenters. The molecule has 6 nitrogen and oxygen atoms in total. The molecule has 0 amide bonds. The summed E-state index contributed by atoms with van der Waals surface area (Å²) in [5.74, 6) is 3.14. The molecule has 1 aliphatic carbocycles. The molecule has 0 spiro atoms. The van der Waals surface area contributed by atoms with Crippen LogP contribution in [0.2, 0.25) is 0 Å². The number of methoxy groups -OCH3 is 2. The van der Waals surface area contributed by atoms with Gasteiger partial charge in [0, 0.05) is 36.5 Å². The van der Waals surface area contributed by atoms with Gasteiger partial charge in [-0.2, -0.15) is 0 Å². The molecule has 3 aliphatic heterocycles. The van der Waals surface area contributed by atoms with Crippen LogP contribution in [0.3, 0.4) is 0 Å². The fourth-order valence-electron chi connectivity index (χ4n) is 5.43. The molecule has 2 aromatic rings. The van der Waals surface area contributed by atoms with E-state index in [0.29, 0.717) is 35.2 Å². The Kier molecular flexibility index (Phi) is 4.47. The first-order chi connectivity index (χ1) is 16.0. The largest absolute Gasteiger partial charge is 0.493 e. The van der Waals surface area contributed by atoms with Crippen molar-refractivity contribution in [1.29, 1.82) is 0 Å². The molecular formula is C27H26O6. The van der Waals surface area contributed by atoms with E-state index in [2.05, 4.69) is 6.58 Å². The first-order valence-electron chi connectivity index (χ1n) is 11.3. The molecule has 3 heterocycles. The van der Waals surface area contributed by atoms with E-state index in [-0.39, 0.29) is 18.0 Å². The molecule has 0 saturated carbocycles. The van der Waals surface area contributed by atoms with Crippen LogP contribution in [0, 0.1) is 0 Å². The lowest BCUT2D eigenvalue weighted by Crippen LogP contribution is -2.43. The highest BCUT2D eigenvalue weighted by molar-refractivity contribution is 6.05. The van der Waals surface area contributed by atoms with Gasteiger partial charge in [0.05, 0.1) is 25.7 Å². The van der Waals surface area contributed by atoms with E-state index in [4.69, 9.17) is 23.7 Å². The summed E-state index contributed by atoms with van der Waals surface area (Å²) >= 11 is 0. The van der Waals surface area contributed by atoms with E-state index in [9.17, 15) is 4.79 Å². The van der Waals surface area contributed by atoms with Gasteiger partial charge in [0.1, 0.15) is 36.1 Å². The highest BCUT2D eigenvalue weighted by Crippen LogP contribution is 2.49. The number of hydrogen-bond acceptors (Lipinski definition) is 6. The van der Waals surface area contributed by atoms with E-state index in [0.717, 1.165) is 47.3 Å². The molecule has 4 aliphatic rings. The average molecular weight is 446 g/mol. The van der Waals surface area contributed by atoms with Crippen molar-refractivity contribution in [3.8, 4) is 23.0 Å². The molecule has 6 heteroatoms. The third-order valence-electron chi connectivity index (χ3n) is 7.20. The Morgan fingerprint density at radius 3 is 2.64 bits per heavy atom. The monoisotopic (exact) mass is 446 g/mol. The molecule has 0 N–H and O–H groups in total. The Morgan fingerprint density at radius 2 is 1.88 bits per heavy atom. The standard InChI is InChI=1S/C27H26O6/c1-13(2)19-9-15-7-17-14(8-20(15)32-19)5-6-16-26(28)25-18-10-22(29-3)23(30-4)11-21(18)31-12-24(25)33-27(16)17/h5-6,10-11,19,24-25H,1,7-9,12H2,2-4H3/t19-,24-,25+/m1/s1. The second-order valence-corrected chi connectivity index (χ2v) is 9.17. The highest BCUT2D eigenvalue weighted by Gasteiger charge is 2.45. The van der Waals surface area contributed by atoms with Crippen molar-refractivity contribution in [1.82, 2.24) is 0 Å². The van der Waals surface area contributed by atoms with Gasteiger partial charge in [-0.25, -0.2) is 0 Å². The van der Waals surface area contributed by atoms with Crippen molar-refractivity contribution in [2.75, 3.05) is 20.8 Å². The molecule has 6 rings (SSSR count). The zero-order valence-electron chi connectivity index (χ0n) is 19.0. The van der Waals surface area contributed by atoms with E-state index < -0.39 is 5.92 Å². The Balaban J connectivity index is 1.38. The number of rotatable bonds is 3. The van der Waals surface area contributed by atoms with Gasteiger partial charge in [-0.15, -0.1) is 0 Å². The number of fused-ring (bicyclic) bond motifs is 6. The molecule has 0 unspecified atom stereocenters. The van der Waals surface area contributed by atoms with Crippen molar-refractivity contribution >= 4 is 5.78 Å². The minimum absolute atomic E-state index is 0.0438. The summed E-state index contributed by atoms with van der Waals surface area (Å²) in [6, 6.07) is 7.57. The zero-order valence-corrected chi connectivity index (χ0v) is 19.0. The average Bonchev–Trinajstić information content (AvgIpc) is 3.25. The highest BCUT2D eigenvalue weighted by atomic mass is 16.5. The van der Waals surface area contributed by atoms with Crippen LogP contribution in [-0.2, 0) is 17.6 Å². The third kappa shape index (κ3) is 2.96. The van der Waals surface area contributed by atoms with Crippen LogP contribution in [-0.4, -0.2) is 38.8 Å². The topological polar surface area (TPSA) is 63.2 Å². The molecule has 0 aromatic heterocycles. The quantitative estimate of drug-likeness (QED) is 0.645. The van der Waals surface area contributed by atoms with Crippen LogP contribution in [0.25, 0.3) is 0 Å². The number of hydrogen-bond donors (Lipinski definition) is 0. The number of carbonyl (C=O) groups excluding carboxylic acids is 1. The molecule has 0 radical (unpaired) electrons. The molecule has 2 aromatic carbocycles. The Morgan fingerprint density at radius 1 is 1.09 bits per heavy atom. The number of ether oxygens (including phenoxy) is 5. The van der Waals surface area contributed by atoms with Crippen molar-refractivity contribution in [2.24, 2.45) is 0 Å². The maximum atomic E-state index is 13.8. The maximum Gasteiger partial charge on any atom is 0.178 e. The van der Waals surface area contributed by atoms with Crippen molar-refractivity contribution in [3.05, 3.63) is 70.0 Å². The second kappa shape index (κ2) is 7.30. The van der Waals surface area contributed by atoms with Gasteiger partial charge in [0.25, 0.3) is 0 Å². The predicted molar refractivity (Wildman–Crippen MR) is 122 cm³/mol. The van der Waals surface area contributed by atoms with E-state index in [1.807, 2.05) is 25.1 Å². The lowest BCUT2D eigenvalue weighted by atomic mass is 9.79. The minimum atomic E-state index is -0.444. The summed E-state index contributed by atoms with van der Waals surface area (Å²) in [5, 5.41) is 0. The van der Waals surface area contributed by atoms with Crippen LogP contribution in [0.1, 0.15) is 46.3 Å². The molecule has 170 valence electrons. The van der Waals surface area contributed by atoms with Crippen LogP contribution in [0.4, 0.5) is 0 Å². The number of benzene rings is 2. The summed E-state index contributed by atoms with van der Waals surface area (Å²) in [5.41, 5.74) is 5.98. The van der Waals surface area contributed by atoms with Gasteiger partial charge < -0.3 is 23.7 Å². The van der Waals surface area contributed by atoms with Crippen molar-refractivity contribution < 1.29 is 28.5 Å². The first kappa shape index (κ1) is 20.2.